The molecule has 0 heterocycles. The minimum atomic E-state index is -0.855. The Labute approximate surface area is 205 Å². The highest BCUT2D eigenvalue weighted by Gasteiger charge is 2.24. The van der Waals surface area contributed by atoms with Crippen molar-refractivity contribution in [3.8, 4) is 11.5 Å². The van der Waals surface area contributed by atoms with E-state index in [9.17, 15) is 9.59 Å². The van der Waals surface area contributed by atoms with E-state index in [4.69, 9.17) is 29.9 Å². The van der Waals surface area contributed by atoms with Gasteiger partial charge >= 0.3 is 11.9 Å². The zero-order valence-electron chi connectivity index (χ0n) is 20.3. The van der Waals surface area contributed by atoms with Crippen LogP contribution in [0.5, 0.6) is 11.5 Å². The molecule has 0 aliphatic rings. The lowest BCUT2D eigenvalue weighted by molar-refractivity contribution is -0.144. The quantitative estimate of drug-likeness (QED) is 0.0909. The van der Waals surface area contributed by atoms with Crippen molar-refractivity contribution in [3.05, 3.63) is 53.6 Å². The Hall–Kier alpha value is -3.95. The highest BCUT2D eigenvalue weighted by atomic mass is 16.5. The topological polar surface area (TPSA) is 142 Å². The van der Waals surface area contributed by atoms with Crippen LogP contribution in [-0.4, -0.2) is 49.4 Å². The number of hydrogen-bond donors (Lipinski definition) is 3. The Morgan fingerprint density at radius 3 is 2.23 bits per heavy atom. The summed E-state index contributed by atoms with van der Waals surface area (Å²) in [5.41, 5.74) is 7.35. The Morgan fingerprint density at radius 1 is 0.971 bits per heavy atom. The van der Waals surface area contributed by atoms with Crippen molar-refractivity contribution in [1.82, 2.24) is 0 Å². The summed E-state index contributed by atoms with van der Waals surface area (Å²) >= 11 is 0. The van der Waals surface area contributed by atoms with Gasteiger partial charge in [-0.15, -0.1) is 0 Å². The number of benzene rings is 2. The van der Waals surface area contributed by atoms with Crippen LogP contribution in [0.15, 0.2) is 47.6 Å². The van der Waals surface area contributed by atoms with E-state index in [1.54, 1.807) is 56.3 Å². The monoisotopic (exact) mass is 487 g/mol. The maximum absolute atomic E-state index is 12.9. The third-order valence-electron chi connectivity index (χ3n) is 4.77. The largest absolute Gasteiger partial charge is 0.494 e. The summed E-state index contributed by atoms with van der Waals surface area (Å²) in [4.78, 5) is 24.4. The van der Waals surface area contributed by atoms with Gasteiger partial charge < -0.3 is 35.2 Å². The number of amidine groups is 1. The maximum Gasteiger partial charge on any atom is 0.333 e. The molecule has 0 aliphatic carbocycles. The van der Waals surface area contributed by atoms with Crippen molar-refractivity contribution >= 4 is 23.5 Å². The Balaban J connectivity index is 2.26. The van der Waals surface area contributed by atoms with Gasteiger partial charge in [-0.25, -0.2) is 4.79 Å². The number of ether oxygens (including phenoxy) is 4. The predicted molar refractivity (Wildman–Crippen MR) is 131 cm³/mol. The molecule has 0 amide bonds. The lowest BCUT2D eigenvalue weighted by Crippen LogP contribution is -2.23. The average molecular weight is 488 g/mol. The van der Waals surface area contributed by atoms with E-state index in [-0.39, 0.29) is 24.8 Å². The fourth-order valence-corrected chi connectivity index (χ4v) is 3.20. The first-order valence-corrected chi connectivity index (χ1v) is 11.5. The number of anilines is 1. The van der Waals surface area contributed by atoms with E-state index < -0.39 is 12.0 Å². The molecule has 1 unspecified atom stereocenters. The van der Waals surface area contributed by atoms with Crippen molar-refractivity contribution in [2.45, 2.75) is 39.7 Å². The van der Waals surface area contributed by atoms with Gasteiger partial charge in [-0.3, -0.25) is 4.79 Å². The summed E-state index contributed by atoms with van der Waals surface area (Å²) < 4.78 is 21.7. The summed E-state index contributed by atoms with van der Waals surface area (Å²) in [5, 5.41) is 15.0. The first-order valence-electron chi connectivity index (χ1n) is 11.5. The number of nitrogens with two attached hydrogens (primary N) is 1. The summed E-state index contributed by atoms with van der Waals surface area (Å²) in [6.07, 6.45) is 0.736. The highest BCUT2D eigenvalue weighted by Crippen LogP contribution is 2.30. The van der Waals surface area contributed by atoms with E-state index >= 15 is 0 Å². The average Bonchev–Trinajstić information content (AvgIpc) is 2.85. The molecule has 0 bridgehead atoms. The molecule has 0 fully saturated rings. The normalized spacial score (nSPS) is 11.9. The van der Waals surface area contributed by atoms with E-state index in [0.29, 0.717) is 54.6 Å². The number of nitrogens with zero attached hydrogens (tertiary/aromatic N) is 1. The van der Waals surface area contributed by atoms with Gasteiger partial charge in [0.05, 0.1) is 26.4 Å². The molecule has 2 aromatic carbocycles. The molecule has 190 valence electrons. The number of oxime groups is 1. The van der Waals surface area contributed by atoms with Crippen LogP contribution < -0.4 is 20.5 Å². The minimum Gasteiger partial charge on any atom is -0.494 e. The number of carbonyl (C=O) groups excluding carboxylic acids is 2. The fraction of sp³-hybridized carbons (Fsp3) is 0.400. The maximum atomic E-state index is 12.9. The predicted octanol–water partition coefficient (Wildman–Crippen LogP) is 3.62. The van der Waals surface area contributed by atoms with Crippen LogP contribution in [0.2, 0.25) is 0 Å². The van der Waals surface area contributed by atoms with Crippen molar-refractivity contribution in [2.24, 2.45) is 10.9 Å². The number of rotatable bonds is 14. The molecule has 2 aromatic rings. The second-order valence-corrected chi connectivity index (χ2v) is 7.32. The molecular weight excluding hydrogens is 454 g/mol. The second kappa shape index (κ2) is 14.3. The van der Waals surface area contributed by atoms with Crippen LogP contribution in [0.4, 0.5) is 5.69 Å². The Morgan fingerprint density at radius 2 is 1.63 bits per heavy atom. The molecule has 35 heavy (non-hydrogen) atoms. The van der Waals surface area contributed by atoms with Gasteiger partial charge in [0.25, 0.3) is 0 Å². The van der Waals surface area contributed by atoms with Gasteiger partial charge in [-0.05, 0) is 69.2 Å². The van der Waals surface area contributed by atoms with Crippen molar-refractivity contribution in [1.29, 1.82) is 0 Å². The Kier molecular flexibility index (Phi) is 11.2. The van der Waals surface area contributed by atoms with E-state index in [1.807, 2.05) is 6.92 Å². The van der Waals surface area contributed by atoms with Crippen LogP contribution in [0.1, 0.15) is 50.8 Å². The minimum absolute atomic E-state index is 0.0207. The lowest BCUT2D eigenvalue weighted by Gasteiger charge is -2.21. The fourth-order valence-electron chi connectivity index (χ4n) is 3.20. The SMILES string of the molecule is CCOC(=O)CCCOc1cc(OCC)cc(C(Nc2ccc(/C(N)=N/O)cc2)C(=O)OCC)c1. The third-order valence-corrected chi connectivity index (χ3v) is 4.77. The van der Waals surface area contributed by atoms with Crippen LogP contribution >= 0.6 is 0 Å². The number of carbonyl (C=O) groups is 2. The molecule has 0 radical (unpaired) electrons. The molecule has 4 N–H and O–H groups in total. The number of hydrogen-bond acceptors (Lipinski definition) is 9. The van der Waals surface area contributed by atoms with Gasteiger partial charge in [0.15, 0.2) is 11.9 Å². The van der Waals surface area contributed by atoms with Crippen molar-refractivity contribution in [2.75, 3.05) is 31.7 Å². The molecule has 2 rings (SSSR count). The summed E-state index contributed by atoms with van der Waals surface area (Å²) in [7, 11) is 0. The summed E-state index contributed by atoms with van der Waals surface area (Å²) in [5.74, 6) is 0.254. The Bertz CT molecular complexity index is 993. The molecule has 0 spiro atoms. The van der Waals surface area contributed by atoms with Crippen molar-refractivity contribution < 1.29 is 33.7 Å². The van der Waals surface area contributed by atoms with Gasteiger partial charge in [0.1, 0.15) is 11.5 Å². The molecule has 0 saturated carbocycles. The first-order chi connectivity index (χ1) is 16.9. The van der Waals surface area contributed by atoms with Gasteiger partial charge in [-0.1, -0.05) is 5.16 Å². The highest BCUT2D eigenvalue weighted by molar-refractivity contribution is 5.97. The molecule has 10 nitrogen and oxygen atoms in total. The van der Waals surface area contributed by atoms with E-state index in [2.05, 4.69) is 10.5 Å². The summed E-state index contributed by atoms with van der Waals surface area (Å²) in [6.45, 7) is 6.62. The number of nitrogens with one attached hydrogen (secondary N) is 1. The smallest absolute Gasteiger partial charge is 0.333 e. The van der Waals surface area contributed by atoms with Crippen LogP contribution in [0, 0.1) is 0 Å². The van der Waals surface area contributed by atoms with Crippen LogP contribution in [0.3, 0.4) is 0 Å². The standard InChI is InChI=1S/C25H33N3O7/c1-4-32-20-14-18(15-21(16-20)35-13-7-8-22(29)33-5-2)23(25(30)34-6-3)27-19-11-9-17(10-12-19)24(26)28-31/h9-12,14-16,23,27,31H,4-8,13H2,1-3H3,(H2,26,28). The zero-order valence-corrected chi connectivity index (χ0v) is 20.3. The van der Waals surface area contributed by atoms with Gasteiger partial charge in [-0.2, -0.15) is 0 Å². The zero-order chi connectivity index (χ0) is 25.6. The molecule has 10 heteroatoms. The second-order valence-electron chi connectivity index (χ2n) is 7.32. The third kappa shape index (κ3) is 8.73. The first kappa shape index (κ1) is 27.3. The molecule has 1 atom stereocenters. The van der Waals surface area contributed by atoms with Gasteiger partial charge in [0, 0.05) is 23.7 Å². The summed E-state index contributed by atoms with van der Waals surface area (Å²) in [6, 6.07) is 11.1. The molecule has 0 aliphatic heterocycles. The van der Waals surface area contributed by atoms with Crippen molar-refractivity contribution in [3.63, 3.8) is 0 Å². The van der Waals surface area contributed by atoms with Crippen LogP contribution in [-0.2, 0) is 19.1 Å². The number of esters is 2. The molecule has 0 saturated heterocycles. The van der Waals surface area contributed by atoms with E-state index in [0.717, 1.165) is 0 Å². The van der Waals surface area contributed by atoms with E-state index in [1.165, 1.54) is 0 Å². The van der Waals surface area contributed by atoms with Gasteiger partial charge in [0.2, 0.25) is 0 Å². The lowest BCUT2D eigenvalue weighted by atomic mass is 10.0. The van der Waals surface area contributed by atoms with Crippen LogP contribution in [0.25, 0.3) is 0 Å². The molecular formula is C25H33N3O7. The molecule has 0 aromatic heterocycles.